The van der Waals surface area contributed by atoms with Crippen molar-refractivity contribution in [2.45, 2.75) is 12.5 Å². The number of amides is 1. The Balaban J connectivity index is 1.86. The highest BCUT2D eigenvalue weighted by atomic mass is 16.6. The molecule has 3 aromatic carbocycles. The van der Waals surface area contributed by atoms with Crippen molar-refractivity contribution in [3.05, 3.63) is 114 Å². The number of rotatable bonds is 6. The van der Waals surface area contributed by atoms with Crippen molar-refractivity contribution >= 4 is 17.0 Å². The molecule has 4 heteroatoms. The van der Waals surface area contributed by atoms with Crippen LogP contribution in [0.25, 0.3) is 10.9 Å². The van der Waals surface area contributed by atoms with Crippen LogP contribution >= 0.6 is 0 Å². The van der Waals surface area contributed by atoms with Gasteiger partial charge in [-0.3, -0.25) is 4.90 Å². The van der Waals surface area contributed by atoms with Gasteiger partial charge in [0.2, 0.25) is 0 Å². The SMILES string of the molecule is C=CCc1c(C(c2ccccc2)N(C)C(=O)Oc2ccccc2)c2ccccc2n1C. The first-order valence-corrected chi connectivity index (χ1v) is 10.3. The first kappa shape index (κ1) is 20.5. The second-order valence-corrected chi connectivity index (χ2v) is 7.53. The molecule has 0 aliphatic rings. The molecule has 4 rings (SSSR count). The highest BCUT2D eigenvalue weighted by Gasteiger charge is 2.30. The second kappa shape index (κ2) is 8.92. The molecular formula is C27H26N2O2. The summed E-state index contributed by atoms with van der Waals surface area (Å²) < 4.78 is 7.87. The van der Waals surface area contributed by atoms with E-state index in [4.69, 9.17) is 4.74 Å². The number of nitrogens with zero attached hydrogens (tertiary/aromatic N) is 2. The second-order valence-electron chi connectivity index (χ2n) is 7.53. The standard InChI is InChI=1S/C27H26N2O2/c1-4-13-24-25(22-18-11-12-19-23(22)28(24)2)26(20-14-7-5-8-15-20)29(3)27(30)31-21-16-9-6-10-17-21/h4-12,14-19,26H,1,13H2,2-3H3. The van der Waals surface area contributed by atoms with E-state index in [1.165, 1.54) is 0 Å². The predicted octanol–water partition coefficient (Wildman–Crippen LogP) is 6.13. The lowest BCUT2D eigenvalue weighted by Gasteiger charge is -2.29. The molecule has 156 valence electrons. The van der Waals surface area contributed by atoms with Crippen LogP contribution in [0.2, 0.25) is 0 Å². The number of benzene rings is 3. The summed E-state index contributed by atoms with van der Waals surface area (Å²) in [6.45, 7) is 3.96. The number of hydrogen-bond donors (Lipinski definition) is 0. The molecule has 0 aliphatic carbocycles. The Morgan fingerprint density at radius 2 is 1.61 bits per heavy atom. The average Bonchev–Trinajstić information content (AvgIpc) is 3.07. The Bertz CT molecular complexity index is 1200. The van der Waals surface area contributed by atoms with E-state index >= 15 is 0 Å². The van der Waals surface area contributed by atoms with Crippen molar-refractivity contribution in [1.82, 2.24) is 9.47 Å². The van der Waals surface area contributed by atoms with Crippen LogP contribution in [0.5, 0.6) is 5.75 Å². The minimum Gasteiger partial charge on any atom is -0.410 e. The van der Waals surface area contributed by atoms with Crippen LogP contribution in [0.15, 0.2) is 97.6 Å². The van der Waals surface area contributed by atoms with Gasteiger partial charge in [-0.2, -0.15) is 0 Å². The van der Waals surface area contributed by atoms with Gasteiger partial charge in [-0.05, 0) is 23.8 Å². The third-order valence-corrected chi connectivity index (χ3v) is 5.62. The lowest BCUT2D eigenvalue weighted by Crippen LogP contribution is -2.34. The van der Waals surface area contributed by atoms with Crippen LogP contribution in [0.4, 0.5) is 4.79 Å². The summed E-state index contributed by atoms with van der Waals surface area (Å²) in [5.74, 6) is 0.524. The monoisotopic (exact) mass is 410 g/mol. The zero-order valence-electron chi connectivity index (χ0n) is 17.9. The van der Waals surface area contributed by atoms with Gasteiger partial charge in [-0.25, -0.2) is 4.79 Å². The fraction of sp³-hybridized carbons (Fsp3) is 0.148. The summed E-state index contributed by atoms with van der Waals surface area (Å²) in [6.07, 6.45) is 2.20. The number of para-hydroxylation sites is 2. The van der Waals surface area contributed by atoms with Gasteiger partial charge in [0, 0.05) is 42.7 Å². The molecule has 0 saturated heterocycles. The smallest absolute Gasteiger partial charge is 0.410 e. The number of allylic oxidation sites excluding steroid dienone is 1. The van der Waals surface area contributed by atoms with E-state index in [1.54, 1.807) is 24.1 Å². The first-order valence-electron chi connectivity index (χ1n) is 10.3. The van der Waals surface area contributed by atoms with Crippen molar-refractivity contribution in [2.75, 3.05) is 7.05 Å². The molecule has 1 atom stereocenters. The molecule has 1 heterocycles. The molecule has 31 heavy (non-hydrogen) atoms. The molecule has 0 spiro atoms. The number of hydrogen-bond acceptors (Lipinski definition) is 2. The Morgan fingerprint density at radius 3 is 2.29 bits per heavy atom. The molecule has 0 bridgehead atoms. The first-order chi connectivity index (χ1) is 15.1. The third-order valence-electron chi connectivity index (χ3n) is 5.62. The van der Waals surface area contributed by atoms with Crippen LogP contribution in [0.1, 0.15) is 22.9 Å². The largest absolute Gasteiger partial charge is 0.415 e. The fourth-order valence-electron chi connectivity index (χ4n) is 4.15. The summed E-state index contributed by atoms with van der Waals surface area (Å²) in [4.78, 5) is 14.9. The molecule has 0 N–H and O–H groups in total. The van der Waals surface area contributed by atoms with Gasteiger partial charge < -0.3 is 9.30 Å². The van der Waals surface area contributed by atoms with Gasteiger partial charge in [0.25, 0.3) is 0 Å². The van der Waals surface area contributed by atoms with Crippen LogP contribution in [-0.2, 0) is 13.5 Å². The van der Waals surface area contributed by atoms with Crippen molar-refractivity contribution in [1.29, 1.82) is 0 Å². The van der Waals surface area contributed by atoms with E-state index in [1.807, 2.05) is 54.6 Å². The molecule has 4 aromatic rings. The van der Waals surface area contributed by atoms with Gasteiger partial charge in [0.15, 0.2) is 0 Å². The van der Waals surface area contributed by atoms with Crippen molar-refractivity contribution in [3.8, 4) is 5.75 Å². The predicted molar refractivity (Wildman–Crippen MR) is 125 cm³/mol. The van der Waals surface area contributed by atoms with Crippen LogP contribution < -0.4 is 4.74 Å². The number of carbonyl (C=O) groups is 1. The number of ether oxygens (including phenoxy) is 1. The topological polar surface area (TPSA) is 34.5 Å². The number of aryl methyl sites for hydroxylation is 1. The Kier molecular flexibility index (Phi) is 5.89. The highest BCUT2D eigenvalue weighted by molar-refractivity contribution is 5.87. The summed E-state index contributed by atoms with van der Waals surface area (Å²) in [5, 5.41) is 1.12. The average molecular weight is 411 g/mol. The van der Waals surface area contributed by atoms with Gasteiger partial charge in [0.05, 0.1) is 6.04 Å². The van der Waals surface area contributed by atoms with Crippen molar-refractivity contribution < 1.29 is 9.53 Å². The van der Waals surface area contributed by atoms with E-state index in [0.29, 0.717) is 12.2 Å². The molecule has 4 nitrogen and oxygen atoms in total. The van der Waals surface area contributed by atoms with E-state index < -0.39 is 6.09 Å². The summed E-state index contributed by atoms with van der Waals surface area (Å²) >= 11 is 0. The fourth-order valence-corrected chi connectivity index (χ4v) is 4.15. The van der Waals surface area contributed by atoms with E-state index in [9.17, 15) is 4.79 Å². The third kappa shape index (κ3) is 3.97. The summed E-state index contributed by atoms with van der Waals surface area (Å²) in [5.41, 5.74) is 4.37. The van der Waals surface area contributed by atoms with Crippen LogP contribution in [-0.4, -0.2) is 22.6 Å². The maximum Gasteiger partial charge on any atom is 0.415 e. The molecule has 0 fully saturated rings. The zero-order chi connectivity index (χ0) is 21.8. The number of aromatic nitrogens is 1. The molecule has 1 unspecified atom stereocenters. The van der Waals surface area contributed by atoms with Crippen LogP contribution in [0, 0.1) is 0 Å². The maximum absolute atomic E-state index is 13.2. The Morgan fingerprint density at radius 1 is 1.00 bits per heavy atom. The molecular weight excluding hydrogens is 384 g/mol. The minimum absolute atomic E-state index is 0.307. The van der Waals surface area contributed by atoms with E-state index in [2.05, 4.69) is 42.5 Å². The number of fused-ring (bicyclic) bond motifs is 1. The zero-order valence-corrected chi connectivity index (χ0v) is 17.9. The lowest BCUT2D eigenvalue weighted by molar-refractivity contribution is 0.152. The summed E-state index contributed by atoms with van der Waals surface area (Å²) in [6, 6.07) is 27.2. The minimum atomic E-state index is -0.405. The highest BCUT2D eigenvalue weighted by Crippen LogP contribution is 2.38. The van der Waals surface area contributed by atoms with Crippen molar-refractivity contribution in [3.63, 3.8) is 0 Å². The van der Waals surface area contributed by atoms with Gasteiger partial charge in [-0.1, -0.05) is 72.8 Å². The molecule has 0 saturated carbocycles. The molecule has 0 radical (unpaired) electrons. The van der Waals surface area contributed by atoms with Crippen LogP contribution in [0.3, 0.4) is 0 Å². The van der Waals surface area contributed by atoms with E-state index in [-0.39, 0.29) is 6.04 Å². The lowest BCUT2D eigenvalue weighted by atomic mass is 9.94. The quantitative estimate of drug-likeness (QED) is 0.359. The summed E-state index contributed by atoms with van der Waals surface area (Å²) in [7, 11) is 3.86. The number of carbonyl (C=O) groups excluding carboxylic acids is 1. The van der Waals surface area contributed by atoms with E-state index in [0.717, 1.165) is 27.7 Å². The van der Waals surface area contributed by atoms with Gasteiger partial charge in [0.1, 0.15) is 5.75 Å². The molecule has 1 aromatic heterocycles. The molecule has 0 aliphatic heterocycles. The van der Waals surface area contributed by atoms with Gasteiger partial charge in [-0.15, -0.1) is 6.58 Å². The maximum atomic E-state index is 13.2. The Hall–Kier alpha value is -3.79. The molecule has 1 amide bonds. The Labute approximate surface area is 183 Å². The normalized spacial score (nSPS) is 11.8. The van der Waals surface area contributed by atoms with Crippen molar-refractivity contribution in [2.24, 2.45) is 7.05 Å². The van der Waals surface area contributed by atoms with Gasteiger partial charge >= 0.3 is 6.09 Å².